The highest BCUT2D eigenvalue weighted by molar-refractivity contribution is 5.91. The van der Waals surface area contributed by atoms with E-state index in [-0.39, 0.29) is 0 Å². The van der Waals surface area contributed by atoms with Gasteiger partial charge in [0.15, 0.2) is 5.82 Å². The molecule has 0 radical (unpaired) electrons. The van der Waals surface area contributed by atoms with E-state index in [4.69, 9.17) is 9.47 Å². The van der Waals surface area contributed by atoms with Gasteiger partial charge in [-0.25, -0.2) is 0 Å². The van der Waals surface area contributed by atoms with Crippen molar-refractivity contribution in [1.29, 1.82) is 0 Å². The number of hydrogen-bond acceptors (Lipinski definition) is 4. The molecule has 5 nitrogen and oxygen atoms in total. The van der Waals surface area contributed by atoms with Gasteiger partial charge in [-0.1, -0.05) is 6.07 Å². The number of anilines is 2. The molecule has 1 heterocycles. The monoisotopic (exact) mass is 283 g/mol. The Morgan fingerprint density at radius 2 is 1.71 bits per heavy atom. The van der Waals surface area contributed by atoms with E-state index in [1.807, 2.05) is 24.3 Å². The molecule has 0 aliphatic rings. The molecule has 0 spiro atoms. The summed E-state index contributed by atoms with van der Waals surface area (Å²) in [6.07, 6.45) is 0. The molecule has 0 atom stereocenters. The maximum absolute atomic E-state index is 5.27. The Hall–Kier alpha value is -2.69. The zero-order valence-corrected chi connectivity index (χ0v) is 12.2. The van der Waals surface area contributed by atoms with E-state index in [0.29, 0.717) is 0 Å². The van der Waals surface area contributed by atoms with Crippen LogP contribution in [0.25, 0.3) is 10.9 Å². The van der Waals surface area contributed by atoms with E-state index < -0.39 is 0 Å². The quantitative estimate of drug-likeness (QED) is 0.767. The second kappa shape index (κ2) is 5.36. The Kier molecular flexibility index (Phi) is 3.39. The molecule has 0 aliphatic heterocycles. The topological polar surface area (TPSA) is 59.2 Å². The van der Waals surface area contributed by atoms with Gasteiger partial charge >= 0.3 is 0 Å². The Labute approximate surface area is 122 Å². The summed E-state index contributed by atoms with van der Waals surface area (Å²) >= 11 is 0. The average Bonchev–Trinajstić information content (AvgIpc) is 2.88. The van der Waals surface area contributed by atoms with Crippen LogP contribution < -0.4 is 14.8 Å². The number of fused-ring (bicyclic) bond motifs is 1. The SMILES string of the molecule is COc1cc(Nc2n[nH]c3cc(C)ccc23)cc(OC)c1. The third kappa shape index (κ3) is 2.63. The molecule has 0 bridgehead atoms. The minimum absolute atomic E-state index is 0.729. The molecule has 5 heteroatoms. The molecule has 0 amide bonds. The number of aryl methyl sites for hydroxylation is 1. The Morgan fingerprint density at radius 1 is 1.00 bits per heavy atom. The predicted octanol–water partition coefficient (Wildman–Crippen LogP) is 3.63. The second-order valence-corrected chi connectivity index (χ2v) is 4.85. The van der Waals surface area contributed by atoms with Crippen molar-refractivity contribution >= 4 is 22.4 Å². The number of aromatic amines is 1. The van der Waals surface area contributed by atoms with Gasteiger partial charge in [-0.3, -0.25) is 5.10 Å². The fraction of sp³-hybridized carbons (Fsp3) is 0.188. The Balaban J connectivity index is 1.98. The first-order valence-electron chi connectivity index (χ1n) is 6.64. The van der Waals surface area contributed by atoms with Crippen LogP contribution in [-0.2, 0) is 0 Å². The normalized spacial score (nSPS) is 10.6. The molecule has 0 saturated carbocycles. The first kappa shape index (κ1) is 13.3. The summed E-state index contributed by atoms with van der Waals surface area (Å²) in [5.41, 5.74) is 3.06. The predicted molar refractivity (Wildman–Crippen MR) is 83.7 cm³/mol. The van der Waals surface area contributed by atoms with Gasteiger partial charge in [0.2, 0.25) is 0 Å². The summed E-state index contributed by atoms with van der Waals surface area (Å²) in [5, 5.41) is 11.7. The summed E-state index contributed by atoms with van der Waals surface area (Å²) in [5.74, 6) is 2.24. The van der Waals surface area contributed by atoms with Crippen molar-refractivity contribution in [1.82, 2.24) is 10.2 Å². The molecule has 108 valence electrons. The second-order valence-electron chi connectivity index (χ2n) is 4.85. The van der Waals surface area contributed by atoms with Crippen molar-refractivity contribution in [2.75, 3.05) is 19.5 Å². The lowest BCUT2D eigenvalue weighted by Gasteiger charge is -2.09. The van der Waals surface area contributed by atoms with Crippen molar-refractivity contribution in [3.8, 4) is 11.5 Å². The minimum atomic E-state index is 0.729. The number of nitrogens with one attached hydrogen (secondary N) is 2. The highest BCUT2D eigenvalue weighted by Gasteiger charge is 2.08. The van der Waals surface area contributed by atoms with Crippen LogP contribution in [0.2, 0.25) is 0 Å². The summed E-state index contributed by atoms with van der Waals surface area (Å²) in [6.45, 7) is 2.06. The van der Waals surface area contributed by atoms with E-state index >= 15 is 0 Å². The molecule has 0 fully saturated rings. The van der Waals surface area contributed by atoms with Crippen molar-refractivity contribution < 1.29 is 9.47 Å². The van der Waals surface area contributed by atoms with Crippen LogP contribution in [0, 0.1) is 6.92 Å². The number of nitrogens with zero attached hydrogens (tertiary/aromatic N) is 1. The molecule has 21 heavy (non-hydrogen) atoms. The highest BCUT2D eigenvalue weighted by atomic mass is 16.5. The molecule has 0 aliphatic carbocycles. The van der Waals surface area contributed by atoms with Crippen molar-refractivity contribution in [2.24, 2.45) is 0 Å². The van der Waals surface area contributed by atoms with Crippen LogP contribution in [-0.4, -0.2) is 24.4 Å². The van der Waals surface area contributed by atoms with Crippen LogP contribution in [0.4, 0.5) is 11.5 Å². The van der Waals surface area contributed by atoms with E-state index in [9.17, 15) is 0 Å². The first-order valence-corrected chi connectivity index (χ1v) is 6.64. The summed E-state index contributed by atoms with van der Waals surface area (Å²) in [6, 6.07) is 11.8. The van der Waals surface area contributed by atoms with Crippen LogP contribution in [0.1, 0.15) is 5.56 Å². The van der Waals surface area contributed by atoms with Crippen molar-refractivity contribution in [3.63, 3.8) is 0 Å². The van der Waals surface area contributed by atoms with Gasteiger partial charge in [-0.15, -0.1) is 0 Å². The fourth-order valence-corrected chi connectivity index (χ4v) is 2.25. The molecular formula is C16H17N3O2. The third-order valence-electron chi connectivity index (χ3n) is 3.33. The Morgan fingerprint density at radius 3 is 2.38 bits per heavy atom. The van der Waals surface area contributed by atoms with Crippen LogP contribution in [0.3, 0.4) is 0 Å². The fourth-order valence-electron chi connectivity index (χ4n) is 2.25. The van der Waals surface area contributed by atoms with Gasteiger partial charge in [-0.05, 0) is 24.6 Å². The van der Waals surface area contributed by atoms with Gasteiger partial charge in [0.25, 0.3) is 0 Å². The van der Waals surface area contributed by atoms with E-state index in [0.717, 1.165) is 33.9 Å². The van der Waals surface area contributed by atoms with Crippen molar-refractivity contribution in [3.05, 3.63) is 42.0 Å². The largest absolute Gasteiger partial charge is 0.497 e. The van der Waals surface area contributed by atoms with Crippen molar-refractivity contribution in [2.45, 2.75) is 6.92 Å². The third-order valence-corrected chi connectivity index (χ3v) is 3.33. The maximum atomic E-state index is 5.27. The molecule has 3 rings (SSSR count). The number of benzene rings is 2. The van der Waals surface area contributed by atoms with Gasteiger partial charge in [0.05, 0.1) is 19.7 Å². The maximum Gasteiger partial charge on any atom is 0.160 e. The van der Waals surface area contributed by atoms with Crippen LogP contribution >= 0.6 is 0 Å². The molecule has 2 aromatic carbocycles. The zero-order chi connectivity index (χ0) is 14.8. The lowest BCUT2D eigenvalue weighted by Crippen LogP contribution is -1.94. The number of aromatic nitrogens is 2. The molecule has 1 aromatic heterocycles. The highest BCUT2D eigenvalue weighted by Crippen LogP contribution is 2.30. The van der Waals surface area contributed by atoms with Gasteiger partial charge in [0, 0.05) is 29.3 Å². The summed E-state index contributed by atoms with van der Waals surface area (Å²) < 4.78 is 10.5. The molecule has 2 N–H and O–H groups in total. The lowest BCUT2D eigenvalue weighted by atomic mass is 10.2. The standard InChI is InChI=1S/C16H17N3O2/c1-10-4-5-14-15(6-10)18-19-16(14)17-11-7-12(20-2)9-13(8-11)21-3/h4-9H,1-3H3,(H2,17,18,19). The molecule has 0 saturated heterocycles. The first-order chi connectivity index (χ1) is 10.2. The lowest BCUT2D eigenvalue weighted by molar-refractivity contribution is 0.395. The Bertz CT molecular complexity index is 758. The number of hydrogen-bond donors (Lipinski definition) is 2. The summed E-state index contributed by atoms with van der Waals surface area (Å²) in [7, 11) is 3.26. The average molecular weight is 283 g/mol. The zero-order valence-electron chi connectivity index (χ0n) is 12.2. The smallest absolute Gasteiger partial charge is 0.160 e. The number of ether oxygens (including phenoxy) is 2. The number of H-pyrrole nitrogens is 1. The van der Waals surface area contributed by atoms with E-state index in [2.05, 4.69) is 34.6 Å². The van der Waals surface area contributed by atoms with E-state index in [1.54, 1.807) is 14.2 Å². The van der Waals surface area contributed by atoms with Crippen LogP contribution in [0.5, 0.6) is 11.5 Å². The number of rotatable bonds is 4. The minimum Gasteiger partial charge on any atom is -0.497 e. The van der Waals surface area contributed by atoms with Gasteiger partial charge in [0.1, 0.15) is 11.5 Å². The van der Waals surface area contributed by atoms with Gasteiger partial charge < -0.3 is 14.8 Å². The van der Waals surface area contributed by atoms with E-state index in [1.165, 1.54) is 5.56 Å². The van der Waals surface area contributed by atoms with Crippen LogP contribution in [0.15, 0.2) is 36.4 Å². The molecule has 3 aromatic rings. The van der Waals surface area contributed by atoms with Gasteiger partial charge in [-0.2, -0.15) is 5.10 Å². The molecular weight excluding hydrogens is 266 g/mol. The number of methoxy groups -OCH3 is 2. The molecule has 0 unspecified atom stereocenters. The summed E-state index contributed by atoms with van der Waals surface area (Å²) in [4.78, 5) is 0.